The van der Waals surface area contributed by atoms with Crippen LogP contribution in [0.3, 0.4) is 0 Å². The van der Waals surface area contributed by atoms with Gasteiger partial charge in [0.15, 0.2) is 5.15 Å². The minimum Gasteiger partial charge on any atom is -0.444 e. The van der Waals surface area contributed by atoms with Crippen LogP contribution in [-0.2, 0) is 11.3 Å². The van der Waals surface area contributed by atoms with Crippen LogP contribution in [0, 0.1) is 0 Å². The third-order valence-electron chi connectivity index (χ3n) is 1.70. The van der Waals surface area contributed by atoms with Gasteiger partial charge < -0.3 is 9.84 Å². The lowest BCUT2D eigenvalue weighted by Gasteiger charge is -2.19. The first-order valence-corrected chi connectivity index (χ1v) is 5.46. The summed E-state index contributed by atoms with van der Waals surface area (Å²) in [6.45, 7) is 5.09. The molecule has 0 unspecified atom stereocenters. The van der Waals surface area contributed by atoms with Crippen molar-refractivity contribution in [2.24, 2.45) is 0 Å². The van der Waals surface area contributed by atoms with Crippen LogP contribution in [0.2, 0.25) is 5.15 Å². The highest BCUT2D eigenvalue weighted by Crippen LogP contribution is 2.20. The second-order valence-electron chi connectivity index (χ2n) is 4.43. The van der Waals surface area contributed by atoms with E-state index in [0.29, 0.717) is 11.4 Å². The number of carbonyl (C=O) groups is 1. The van der Waals surface area contributed by atoms with Gasteiger partial charge in [0.2, 0.25) is 0 Å². The van der Waals surface area contributed by atoms with E-state index in [2.05, 4.69) is 10.3 Å². The number of nitrogens with zero attached hydrogens (tertiary/aromatic N) is 1. The summed E-state index contributed by atoms with van der Waals surface area (Å²) < 4.78 is 5.07. The van der Waals surface area contributed by atoms with Crippen molar-refractivity contribution in [3.8, 4) is 0 Å². The summed E-state index contributed by atoms with van der Waals surface area (Å²) in [5.41, 5.74) is 0.206. The van der Waals surface area contributed by atoms with E-state index >= 15 is 0 Å². The number of halogens is 1. The van der Waals surface area contributed by atoms with Crippen LogP contribution in [-0.4, -0.2) is 21.8 Å². The van der Waals surface area contributed by atoms with Crippen molar-refractivity contribution in [1.82, 2.24) is 4.98 Å². The minimum absolute atomic E-state index is 0.113. The van der Waals surface area contributed by atoms with Gasteiger partial charge in [-0.25, -0.2) is 9.78 Å². The zero-order chi connectivity index (χ0) is 13.1. The lowest BCUT2D eigenvalue weighted by molar-refractivity contribution is 0.0636. The third kappa shape index (κ3) is 4.58. The molecule has 0 atom stereocenters. The number of hydrogen-bond acceptors (Lipinski definition) is 4. The van der Waals surface area contributed by atoms with E-state index in [1.54, 1.807) is 32.9 Å². The number of ether oxygens (including phenoxy) is 1. The molecule has 1 heterocycles. The first-order chi connectivity index (χ1) is 7.81. The molecule has 0 radical (unpaired) electrons. The summed E-state index contributed by atoms with van der Waals surface area (Å²) in [6, 6.07) is 3.13. The Hall–Kier alpha value is -1.33. The van der Waals surface area contributed by atoms with Gasteiger partial charge in [0, 0.05) is 0 Å². The number of aliphatic hydroxyl groups is 1. The number of aliphatic hydroxyl groups excluding tert-OH is 1. The van der Waals surface area contributed by atoms with Gasteiger partial charge in [0.05, 0.1) is 18.0 Å². The Kier molecular flexibility index (Phi) is 4.31. The topological polar surface area (TPSA) is 71.5 Å². The smallest absolute Gasteiger partial charge is 0.412 e. The number of hydrogen-bond donors (Lipinski definition) is 2. The third-order valence-corrected chi connectivity index (χ3v) is 1.99. The molecule has 2 N–H and O–H groups in total. The Morgan fingerprint density at radius 2 is 2.18 bits per heavy atom. The number of pyridine rings is 1. The number of nitrogens with one attached hydrogen (secondary N) is 1. The summed E-state index contributed by atoms with van der Waals surface area (Å²) >= 11 is 5.83. The van der Waals surface area contributed by atoms with Crippen molar-refractivity contribution >= 4 is 23.4 Å². The number of rotatable bonds is 2. The molecule has 1 aromatic heterocycles. The van der Waals surface area contributed by atoms with E-state index in [-0.39, 0.29) is 11.8 Å². The van der Waals surface area contributed by atoms with Gasteiger partial charge in [-0.05, 0) is 32.9 Å². The number of amides is 1. The number of anilines is 1. The zero-order valence-corrected chi connectivity index (χ0v) is 10.7. The molecule has 94 valence electrons. The van der Waals surface area contributed by atoms with E-state index < -0.39 is 11.7 Å². The van der Waals surface area contributed by atoms with Gasteiger partial charge >= 0.3 is 6.09 Å². The molecule has 0 saturated heterocycles. The van der Waals surface area contributed by atoms with Crippen molar-refractivity contribution in [1.29, 1.82) is 0 Å². The van der Waals surface area contributed by atoms with Crippen LogP contribution in [0.1, 0.15) is 26.5 Å². The molecule has 5 nitrogen and oxygen atoms in total. The van der Waals surface area contributed by atoms with Crippen molar-refractivity contribution in [2.45, 2.75) is 33.0 Å². The van der Waals surface area contributed by atoms with E-state index in [1.807, 2.05) is 0 Å². The molecule has 0 saturated carbocycles. The largest absolute Gasteiger partial charge is 0.444 e. The van der Waals surface area contributed by atoms with Crippen molar-refractivity contribution in [3.63, 3.8) is 0 Å². The molecule has 0 bridgehead atoms. The molecule has 0 aliphatic rings. The quantitative estimate of drug-likeness (QED) is 0.800. The lowest BCUT2D eigenvalue weighted by atomic mass is 10.2. The highest BCUT2D eigenvalue weighted by molar-refractivity contribution is 6.32. The van der Waals surface area contributed by atoms with E-state index in [9.17, 15) is 4.79 Å². The van der Waals surface area contributed by atoms with Crippen LogP contribution >= 0.6 is 11.6 Å². The maximum absolute atomic E-state index is 11.5. The van der Waals surface area contributed by atoms with Crippen molar-refractivity contribution in [3.05, 3.63) is 23.0 Å². The lowest BCUT2D eigenvalue weighted by Crippen LogP contribution is -2.27. The summed E-state index contributed by atoms with van der Waals surface area (Å²) in [6.07, 6.45) is -0.599. The Labute approximate surface area is 105 Å². The Morgan fingerprint density at radius 3 is 2.65 bits per heavy atom. The first kappa shape index (κ1) is 13.7. The molecule has 1 aromatic rings. The van der Waals surface area contributed by atoms with Gasteiger partial charge in [0.25, 0.3) is 0 Å². The maximum Gasteiger partial charge on any atom is 0.412 e. The molecule has 0 aromatic carbocycles. The summed E-state index contributed by atoms with van der Waals surface area (Å²) in [4.78, 5) is 15.4. The fourth-order valence-electron chi connectivity index (χ4n) is 1.07. The number of carbonyl (C=O) groups excluding carboxylic acids is 1. The van der Waals surface area contributed by atoms with Crippen LogP contribution < -0.4 is 5.32 Å². The van der Waals surface area contributed by atoms with Gasteiger partial charge in [-0.2, -0.15) is 0 Å². The highest BCUT2D eigenvalue weighted by Gasteiger charge is 2.17. The minimum atomic E-state index is -0.599. The molecule has 1 amide bonds. The molecule has 1 rings (SSSR count). The molecular formula is C11H15ClN2O3. The normalized spacial score (nSPS) is 11.1. The summed E-state index contributed by atoms with van der Waals surface area (Å²) in [5.74, 6) is 0. The molecule has 6 heteroatoms. The predicted octanol–water partition coefficient (Wildman–Crippen LogP) is 2.57. The predicted molar refractivity (Wildman–Crippen MR) is 65.0 cm³/mol. The first-order valence-electron chi connectivity index (χ1n) is 5.08. The average Bonchev–Trinajstić information content (AvgIpc) is 2.18. The summed E-state index contributed by atoms with van der Waals surface area (Å²) in [5, 5.41) is 11.4. The van der Waals surface area contributed by atoms with Gasteiger partial charge in [-0.15, -0.1) is 0 Å². The average molecular weight is 259 g/mol. The molecule has 0 aliphatic heterocycles. The fourth-order valence-corrected chi connectivity index (χ4v) is 1.29. The molecule has 0 fully saturated rings. The van der Waals surface area contributed by atoms with Crippen molar-refractivity contribution < 1.29 is 14.6 Å². The maximum atomic E-state index is 11.5. The fraction of sp³-hybridized carbons (Fsp3) is 0.455. The number of aromatic nitrogens is 1. The van der Waals surface area contributed by atoms with Crippen molar-refractivity contribution in [2.75, 3.05) is 5.32 Å². The SMILES string of the molecule is CC(C)(C)OC(=O)Nc1ccc(CO)nc1Cl. The Bertz CT molecular complexity index is 416. The molecular weight excluding hydrogens is 244 g/mol. The van der Waals surface area contributed by atoms with Gasteiger partial charge in [0.1, 0.15) is 5.60 Å². The Balaban J connectivity index is 2.72. The van der Waals surface area contributed by atoms with E-state index in [1.165, 1.54) is 0 Å². The zero-order valence-electron chi connectivity index (χ0n) is 9.95. The second-order valence-corrected chi connectivity index (χ2v) is 4.78. The van der Waals surface area contributed by atoms with E-state index in [4.69, 9.17) is 21.4 Å². The standard InChI is InChI=1S/C11H15ClN2O3/c1-11(2,3)17-10(16)14-8-5-4-7(6-15)13-9(8)12/h4-5,15H,6H2,1-3H3,(H,14,16). The van der Waals surface area contributed by atoms with E-state index in [0.717, 1.165) is 0 Å². The summed E-state index contributed by atoms with van der Waals surface area (Å²) in [7, 11) is 0. The van der Waals surface area contributed by atoms with Gasteiger partial charge in [-0.1, -0.05) is 11.6 Å². The van der Waals surface area contributed by atoms with Crippen LogP contribution in [0.25, 0.3) is 0 Å². The molecule has 0 spiro atoms. The van der Waals surface area contributed by atoms with Crippen LogP contribution in [0.5, 0.6) is 0 Å². The Morgan fingerprint density at radius 1 is 1.53 bits per heavy atom. The molecule has 17 heavy (non-hydrogen) atoms. The van der Waals surface area contributed by atoms with Crippen LogP contribution in [0.15, 0.2) is 12.1 Å². The highest BCUT2D eigenvalue weighted by atomic mass is 35.5. The second kappa shape index (κ2) is 5.33. The van der Waals surface area contributed by atoms with Gasteiger partial charge in [-0.3, -0.25) is 5.32 Å². The molecule has 0 aliphatic carbocycles. The monoisotopic (exact) mass is 258 g/mol. The van der Waals surface area contributed by atoms with Crippen LogP contribution in [0.4, 0.5) is 10.5 Å².